The van der Waals surface area contributed by atoms with Gasteiger partial charge in [-0.3, -0.25) is 0 Å². The van der Waals surface area contributed by atoms with Crippen LogP contribution in [0, 0.1) is 0 Å². The first-order valence-corrected chi connectivity index (χ1v) is 6.59. The van der Waals surface area contributed by atoms with Crippen molar-refractivity contribution in [3.05, 3.63) is 65.9 Å². The Morgan fingerprint density at radius 1 is 0.900 bits per heavy atom. The van der Waals surface area contributed by atoms with E-state index in [2.05, 4.69) is 28.2 Å². The van der Waals surface area contributed by atoms with Crippen molar-refractivity contribution in [2.24, 2.45) is 0 Å². The normalized spacial score (nSPS) is 10.4. The molecule has 2 aromatic heterocycles. The Bertz CT molecular complexity index is 818. The van der Waals surface area contributed by atoms with E-state index in [9.17, 15) is 5.11 Å². The molecule has 0 amide bonds. The molecule has 2 heterocycles. The van der Waals surface area contributed by atoms with Crippen molar-refractivity contribution in [1.82, 2.24) is 9.97 Å². The van der Waals surface area contributed by atoms with E-state index in [1.165, 1.54) is 10.9 Å². The fourth-order valence-corrected chi connectivity index (χ4v) is 2.25. The molecule has 3 nitrogen and oxygen atoms in total. The van der Waals surface area contributed by atoms with Gasteiger partial charge in [-0.05, 0) is 35.7 Å². The molecule has 0 unspecified atom stereocenters. The smallest absolute Gasteiger partial charge is 0.140 e. The average Bonchev–Trinajstić information content (AvgIpc) is 3.07. The Kier molecular flexibility index (Phi) is 3.35. The largest absolute Gasteiger partial charge is 0.506 e. The lowest BCUT2D eigenvalue weighted by molar-refractivity contribution is 0.481. The minimum Gasteiger partial charge on any atom is -0.506 e. The Labute approximate surface area is 120 Å². The zero-order valence-corrected chi connectivity index (χ0v) is 11.4. The zero-order valence-electron chi connectivity index (χ0n) is 10.6. The van der Waals surface area contributed by atoms with E-state index in [0.717, 1.165) is 10.9 Å². The first-order valence-electron chi connectivity index (χ1n) is 6.22. The molecule has 3 N–H and O–H groups in total. The van der Waals surface area contributed by atoms with Crippen LogP contribution >= 0.6 is 11.6 Å². The van der Waals surface area contributed by atoms with Gasteiger partial charge in [0.1, 0.15) is 5.75 Å². The fourth-order valence-electron chi connectivity index (χ4n) is 2.07. The number of halogens is 1. The van der Waals surface area contributed by atoms with E-state index in [1.54, 1.807) is 18.3 Å². The Balaban J connectivity index is 0.000000123. The number of aromatic hydroxyl groups is 1. The molecule has 100 valence electrons. The first kappa shape index (κ1) is 12.6. The molecular formula is C16H13ClN2O. The Morgan fingerprint density at radius 2 is 1.75 bits per heavy atom. The summed E-state index contributed by atoms with van der Waals surface area (Å²) in [6.45, 7) is 0. The summed E-state index contributed by atoms with van der Waals surface area (Å²) in [5, 5.41) is 11.9. The van der Waals surface area contributed by atoms with Gasteiger partial charge in [0, 0.05) is 33.8 Å². The van der Waals surface area contributed by atoms with Crippen LogP contribution in [0.3, 0.4) is 0 Å². The second-order valence-electron chi connectivity index (χ2n) is 4.43. The van der Waals surface area contributed by atoms with E-state index in [-0.39, 0.29) is 5.75 Å². The quantitative estimate of drug-likeness (QED) is 0.431. The van der Waals surface area contributed by atoms with Crippen molar-refractivity contribution < 1.29 is 5.11 Å². The van der Waals surface area contributed by atoms with E-state index in [4.69, 9.17) is 11.6 Å². The van der Waals surface area contributed by atoms with Gasteiger partial charge >= 0.3 is 0 Å². The predicted octanol–water partition coefficient (Wildman–Crippen LogP) is 4.69. The number of rotatable bonds is 0. The highest BCUT2D eigenvalue weighted by molar-refractivity contribution is 6.31. The third kappa shape index (κ3) is 2.49. The molecule has 0 bridgehead atoms. The highest BCUT2D eigenvalue weighted by atomic mass is 35.5. The molecule has 0 fully saturated rings. The van der Waals surface area contributed by atoms with Crippen molar-refractivity contribution in [3.8, 4) is 5.75 Å². The number of H-pyrrole nitrogens is 2. The Hall–Kier alpha value is -2.39. The third-order valence-corrected chi connectivity index (χ3v) is 3.32. The predicted molar refractivity (Wildman–Crippen MR) is 83.3 cm³/mol. The van der Waals surface area contributed by atoms with Crippen molar-refractivity contribution >= 4 is 33.4 Å². The van der Waals surface area contributed by atoms with Crippen LogP contribution in [0.4, 0.5) is 0 Å². The minimum atomic E-state index is 0.238. The number of benzene rings is 2. The number of aromatic nitrogens is 2. The van der Waals surface area contributed by atoms with Crippen LogP contribution in [-0.4, -0.2) is 15.1 Å². The van der Waals surface area contributed by atoms with Gasteiger partial charge in [-0.25, -0.2) is 0 Å². The molecule has 0 saturated heterocycles. The molecule has 20 heavy (non-hydrogen) atoms. The molecule has 0 aliphatic carbocycles. The lowest BCUT2D eigenvalue weighted by atomic mass is 10.2. The second kappa shape index (κ2) is 5.31. The van der Waals surface area contributed by atoms with Crippen LogP contribution < -0.4 is 0 Å². The number of nitrogens with one attached hydrogen (secondary N) is 2. The lowest BCUT2D eigenvalue weighted by Crippen LogP contribution is -1.66. The topological polar surface area (TPSA) is 51.8 Å². The minimum absolute atomic E-state index is 0.238. The second-order valence-corrected chi connectivity index (χ2v) is 4.87. The highest BCUT2D eigenvalue weighted by Crippen LogP contribution is 2.26. The lowest BCUT2D eigenvalue weighted by Gasteiger charge is -1.90. The summed E-state index contributed by atoms with van der Waals surface area (Å²) in [4.78, 5) is 6.03. The van der Waals surface area contributed by atoms with Crippen LogP contribution in [-0.2, 0) is 0 Å². The molecule has 0 spiro atoms. The van der Waals surface area contributed by atoms with Gasteiger partial charge in [0.05, 0.1) is 0 Å². The van der Waals surface area contributed by atoms with Gasteiger partial charge in [0.15, 0.2) is 0 Å². The molecule has 4 aromatic rings. The van der Waals surface area contributed by atoms with E-state index in [1.807, 2.05) is 24.4 Å². The maximum Gasteiger partial charge on any atom is 0.140 e. The van der Waals surface area contributed by atoms with Gasteiger partial charge in [-0.1, -0.05) is 29.8 Å². The molecule has 0 aliphatic heterocycles. The van der Waals surface area contributed by atoms with E-state index in [0.29, 0.717) is 5.02 Å². The molecule has 2 aromatic carbocycles. The van der Waals surface area contributed by atoms with Gasteiger partial charge < -0.3 is 15.1 Å². The summed E-state index contributed by atoms with van der Waals surface area (Å²) < 4.78 is 0. The number of hydrogen-bond donors (Lipinski definition) is 3. The third-order valence-electron chi connectivity index (χ3n) is 3.08. The van der Waals surface area contributed by atoms with Gasteiger partial charge in [0.2, 0.25) is 0 Å². The zero-order chi connectivity index (χ0) is 13.9. The summed E-state index contributed by atoms with van der Waals surface area (Å²) in [5.41, 5.74) is 2.10. The van der Waals surface area contributed by atoms with Crippen molar-refractivity contribution in [1.29, 1.82) is 0 Å². The van der Waals surface area contributed by atoms with Crippen LogP contribution in [0.25, 0.3) is 21.8 Å². The molecule has 0 radical (unpaired) electrons. The summed E-state index contributed by atoms with van der Waals surface area (Å²) in [7, 11) is 0. The van der Waals surface area contributed by atoms with Crippen LogP contribution in [0.15, 0.2) is 60.9 Å². The summed E-state index contributed by atoms with van der Waals surface area (Å²) in [6.07, 6.45) is 3.49. The number of aromatic amines is 2. The van der Waals surface area contributed by atoms with Crippen molar-refractivity contribution in [2.75, 3.05) is 0 Å². The Morgan fingerprint density at radius 3 is 2.60 bits per heavy atom. The number of para-hydroxylation sites is 1. The molecule has 0 atom stereocenters. The molecule has 4 rings (SSSR count). The molecule has 0 saturated carbocycles. The summed E-state index contributed by atoms with van der Waals surface area (Å²) in [6, 6.07) is 15.6. The SMILES string of the molecule is Oc1c[nH]c2ccc(Cl)cc12.c1ccc2[nH]ccc2c1. The molecule has 0 aliphatic rings. The van der Waals surface area contributed by atoms with Gasteiger partial charge in [-0.2, -0.15) is 0 Å². The summed E-state index contributed by atoms with van der Waals surface area (Å²) in [5.74, 6) is 0.238. The monoisotopic (exact) mass is 284 g/mol. The molecular weight excluding hydrogens is 272 g/mol. The number of fused-ring (bicyclic) bond motifs is 2. The molecule has 4 heteroatoms. The first-order chi connectivity index (χ1) is 9.74. The van der Waals surface area contributed by atoms with Crippen molar-refractivity contribution in [2.45, 2.75) is 0 Å². The van der Waals surface area contributed by atoms with Crippen LogP contribution in [0.5, 0.6) is 5.75 Å². The fraction of sp³-hybridized carbons (Fsp3) is 0. The maximum absolute atomic E-state index is 9.25. The van der Waals surface area contributed by atoms with E-state index < -0.39 is 0 Å². The average molecular weight is 285 g/mol. The standard InChI is InChI=1S/C8H6ClNO.C8H7N/c9-5-1-2-7-6(3-5)8(11)4-10-7;1-2-4-8-7(3-1)5-6-9-8/h1-4,10-11H;1-6,9H. The van der Waals surface area contributed by atoms with Crippen LogP contribution in [0.2, 0.25) is 5.02 Å². The van der Waals surface area contributed by atoms with Crippen molar-refractivity contribution in [3.63, 3.8) is 0 Å². The van der Waals surface area contributed by atoms with Gasteiger partial charge in [0.25, 0.3) is 0 Å². The van der Waals surface area contributed by atoms with Crippen LogP contribution in [0.1, 0.15) is 0 Å². The summed E-state index contributed by atoms with van der Waals surface area (Å²) >= 11 is 5.72. The highest BCUT2D eigenvalue weighted by Gasteiger charge is 2.00. The van der Waals surface area contributed by atoms with E-state index >= 15 is 0 Å². The number of hydrogen-bond acceptors (Lipinski definition) is 1. The van der Waals surface area contributed by atoms with Gasteiger partial charge in [-0.15, -0.1) is 0 Å². The maximum atomic E-state index is 9.25.